The van der Waals surface area contributed by atoms with Gasteiger partial charge in [-0.2, -0.15) is 0 Å². The molecule has 5 N–H and O–H groups in total. The molecule has 1 amide bonds. The minimum Gasteiger partial charge on any atom is -0.374 e. The zero-order chi connectivity index (χ0) is 19.4. The van der Waals surface area contributed by atoms with Crippen molar-refractivity contribution in [3.63, 3.8) is 0 Å². The SMILES string of the molecule is Cc1nc(C)c(CNc2ccc(C(=O)NC(=N)N)cc2[N+](=O)[O-])nc1C.Cl. The largest absolute Gasteiger partial charge is 0.374 e. The van der Waals surface area contributed by atoms with E-state index in [4.69, 9.17) is 11.1 Å². The van der Waals surface area contributed by atoms with E-state index in [1.54, 1.807) is 0 Å². The van der Waals surface area contributed by atoms with Crippen molar-refractivity contribution < 1.29 is 9.72 Å². The van der Waals surface area contributed by atoms with Crippen molar-refractivity contribution in [2.75, 3.05) is 5.32 Å². The maximum atomic E-state index is 11.8. The number of benzene rings is 1. The summed E-state index contributed by atoms with van der Waals surface area (Å²) < 4.78 is 0. The van der Waals surface area contributed by atoms with E-state index in [0.717, 1.165) is 23.1 Å². The average Bonchev–Trinajstić information content (AvgIpc) is 2.56. The second-order valence-electron chi connectivity index (χ2n) is 5.64. The van der Waals surface area contributed by atoms with Gasteiger partial charge in [0.2, 0.25) is 0 Å². The third kappa shape index (κ3) is 5.35. The zero-order valence-electron chi connectivity index (χ0n) is 15.0. The number of carbonyl (C=O) groups is 1. The molecule has 10 nitrogen and oxygen atoms in total. The third-order valence-corrected chi connectivity index (χ3v) is 3.73. The number of hydrogen-bond acceptors (Lipinski definition) is 7. The van der Waals surface area contributed by atoms with Crippen molar-refractivity contribution in [1.29, 1.82) is 5.41 Å². The fourth-order valence-corrected chi connectivity index (χ4v) is 2.28. The molecular formula is C16H20ClN7O3. The molecule has 0 spiro atoms. The van der Waals surface area contributed by atoms with Gasteiger partial charge >= 0.3 is 0 Å². The number of nitro groups is 1. The van der Waals surface area contributed by atoms with Crippen LogP contribution in [-0.2, 0) is 6.54 Å². The van der Waals surface area contributed by atoms with Crippen LogP contribution < -0.4 is 16.4 Å². The van der Waals surface area contributed by atoms with Crippen LogP contribution in [0.4, 0.5) is 11.4 Å². The normalized spacial score (nSPS) is 9.89. The number of nitrogens with one attached hydrogen (secondary N) is 3. The number of hydrogen-bond donors (Lipinski definition) is 4. The number of nitro benzene ring substituents is 1. The number of aromatic nitrogens is 2. The number of carbonyl (C=O) groups excluding carboxylic acids is 1. The second kappa shape index (κ2) is 8.90. The molecule has 11 heteroatoms. The fourth-order valence-electron chi connectivity index (χ4n) is 2.28. The number of anilines is 1. The molecule has 1 aromatic heterocycles. The smallest absolute Gasteiger partial charge is 0.293 e. The Morgan fingerprint density at radius 2 is 1.85 bits per heavy atom. The molecule has 0 aliphatic rings. The molecule has 2 aromatic rings. The van der Waals surface area contributed by atoms with Crippen LogP contribution in [0.5, 0.6) is 0 Å². The summed E-state index contributed by atoms with van der Waals surface area (Å²) in [7, 11) is 0. The van der Waals surface area contributed by atoms with Crippen LogP contribution in [0.25, 0.3) is 0 Å². The maximum Gasteiger partial charge on any atom is 0.293 e. The standard InChI is InChI=1S/C16H19N7O3.ClH/c1-8-9(2)21-13(10(3)20-8)7-19-12-5-4-11(6-14(12)23(25)26)15(24)22-16(17)18;/h4-6,19H,7H2,1-3H3,(H4,17,18,22,24);1H. The molecule has 0 fully saturated rings. The molecule has 0 aliphatic heterocycles. The first kappa shape index (κ1) is 21.8. The van der Waals surface area contributed by atoms with Crippen LogP contribution >= 0.6 is 12.4 Å². The topological polar surface area (TPSA) is 160 Å². The van der Waals surface area contributed by atoms with E-state index in [-0.39, 0.29) is 35.9 Å². The van der Waals surface area contributed by atoms with Crippen LogP contribution in [0.2, 0.25) is 0 Å². The first-order valence-electron chi connectivity index (χ1n) is 7.67. The van der Waals surface area contributed by atoms with Gasteiger partial charge in [-0.25, -0.2) is 0 Å². The molecule has 1 aromatic carbocycles. The third-order valence-electron chi connectivity index (χ3n) is 3.73. The Bertz CT molecular complexity index is 902. The number of aryl methyl sites for hydroxylation is 3. The van der Waals surface area contributed by atoms with E-state index in [2.05, 4.69) is 20.6 Å². The highest BCUT2D eigenvalue weighted by atomic mass is 35.5. The Balaban J connectivity index is 0.00000364. The van der Waals surface area contributed by atoms with E-state index < -0.39 is 16.8 Å². The molecule has 0 aliphatic carbocycles. The average molecular weight is 394 g/mol. The second-order valence-corrected chi connectivity index (χ2v) is 5.64. The number of amides is 1. The molecule has 0 saturated carbocycles. The van der Waals surface area contributed by atoms with E-state index in [0.29, 0.717) is 5.69 Å². The first-order valence-corrected chi connectivity index (χ1v) is 7.67. The number of halogens is 1. The summed E-state index contributed by atoms with van der Waals surface area (Å²) in [5.74, 6) is -1.23. The van der Waals surface area contributed by atoms with E-state index in [9.17, 15) is 14.9 Å². The number of guanidine groups is 1. The van der Waals surface area contributed by atoms with Gasteiger partial charge in [0.15, 0.2) is 5.96 Å². The molecule has 144 valence electrons. The van der Waals surface area contributed by atoms with Crippen molar-refractivity contribution in [2.24, 2.45) is 5.73 Å². The van der Waals surface area contributed by atoms with Crippen molar-refractivity contribution in [2.45, 2.75) is 27.3 Å². The molecule has 1 heterocycles. The Morgan fingerprint density at radius 3 is 2.44 bits per heavy atom. The van der Waals surface area contributed by atoms with Gasteiger partial charge in [0, 0.05) is 11.6 Å². The van der Waals surface area contributed by atoms with E-state index in [1.165, 1.54) is 12.1 Å². The lowest BCUT2D eigenvalue weighted by Crippen LogP contribution is -2.35. The van der Waals surface area contributed by atoms with Gasteiger partial charge in [-0.1, -0.05) is 0 Å². The first-order chi connectivity index (χ1) is 12.2. The predicted molar refractivity (Wildman–Crippen MR) is 103 cm³/mol. The molecule has 0 radical (unpaired) electrons. The van der Waals surface area contributed by atoms with Gasteiger partial charge in [0.25, 0.3) is 11.6 Å². The Kier molecular flexibility index (Phi) is 7.18. The van der Waals surface area contributed by atoms with Crippen LogP contribution in [-0.4, -0.2) is 26.8 Å². The fraction of sp³-hybridized carbons (Fsp3) is 0.250. The number of rotatable bonds is 5. The lowest BCUT2D eigenvalue weighted by atomic mass is 10.1. The van der Waals surface area contributed by atoms with E-state index in [1.807, 2.05) is 20.8 Å². The molecule has 0 saturated heterocycles. The molecule has 0 unspecified atom stereocenters. The summed E-state index contributed by atoms with van der Waals surface area (Å²) in [5, 5.41) is 23.4. The predicted octanol–water partition coefficient (Wildman–Crippen LogP) is 1.97. The highest BCUT2D eigenvalue weighted by Crippen LogP contribution is 2.26. The Labute approximate surface area is 161 Å². The summed E-state index contributed by atoms with van der Waals surface area (Å²) in [6, 6.07) is 3.96. The van der Waals surface area contributed by atoms with E-state index >= 15 is 0 Å². The molecular weight excluding hydrogens is 374 g/mol. The summed E-state index contributed by atoms with van der Waals surface area (Å²) in [6.45, 7) is 5.78. The quantitative estimate of drug-likeness (QED) is 0.261. The lowest BCUT2D eigenvalue weighted by molar-refractivity contribution is -0.384. The van der Waals surface area contributed by atoms with Crippen molar-refractivity contribution in [1.82, 2.24) is 15.3 Å². The molecule has 0 bridgehead atoms. The van der Waals surface area contributed by atoms with Gasteiger partial charge in [0.05, 0.1) is 34.2 Å². The van der Waals surface area contributed by atoms with Crippen LogP contribution in [0.1, 0.15) is 33.1 Å². The maximum absolute atomic E-state index is 11.8. The Morgan fingerprint density at radius 1 is 1.22 bits per heavy atom. The van der Waals surface area contributed by atoms with Crippen LogP contribution in [0.15, 0.2) is 18.2 Å². The zero-order valence-corrected chi connectivity index (χ0v) is 15.8. The van der Waals surface area contributed by atoms with Gasteiger partial charge in [-0.3, -0.25) is 35.6 Å². The summed E-state index contributed by atoms with van der Waals surface area (Å²) in [6.07, 6.45) is 0. The summed E-state index contributed by atoms with van der Waals surface area (Å²) in [5.41, 5.74) is 8.14. The molecule has 2 rings (SSSR count). The van der Waals surface area contributed by atoms with Crippen molar-refractivity contribution in [3.05, 3.63) is 56.7 Å². The Hall–Kier alpha value is -3.27. The number of nitrogens with zero attached hydrogens (tertiary/aromatic N) is 3. The minimum absolute atomic E-state index is 0. The highest BCUT2D eigenvalue weighted by molar-refractivity contribution is 6.05. The van der Waals surface area contributed by atoms with Gasteiger partial charge < -0.3 is 11.1 Å². The summed E-state index contributed by atoms with van der Waals surface area (Å²) in [4.78, 5) is 31.4. The van der Waals surface area contributed by atoms with Gasteiger partial charge in [-0.15, -0.1) is 12.4 Å². The van der Waals surface area contributed by atoms with Crippen LogP contribution in [0.3, 0.4) is 0 Å². The summed E-state index contributed by atoms with van der Waals surface area (Å²) >= 11 is 0. The van der Waals surface area contributed by atoms with Crippen molar-refractivity contribution in [3.8, 4) is 0 Å². The number of nitrogens with two attached hydrogens (primary N) is 1. The molecule has 0 atom stereocenters. The van der Waals surface area contributed by atoms with Crippen molar-refractivity contribution >= 4 is 35.6 Å². The molecule has 27 heavy (non-hydrogen) atoms. The highest BCUT2D eigenvalue weighted by Gasteiger charge is 2.18. The van der Waals surface area contributed by atoms with Gasteiger partial charge in [0.1, 0.15) is 5.69 Å². The minimum atomic E-state index is -0.692. The lowest BCUT2D eigenvalue weighted by Gasteiger charge is -2.11. The monoisotopic (exact) mass is 393 g/mol. The van der Waals surface area contributed by atoms with Gasteiger partial charge in [-0.05, 0) is 32.9 Å². The van der Waals surface area contributed by atoms with Crippen LogP contribution in [0, 0.1) is 36.3 Å².